The third kappa shape index (κ3) is 2.80. The van der Waals surface area contributed by atoms with Gasteiger partial charge in [-0.3, -0.25) is 0 Å². The summed E-state index contributed by atoms with van der Waals surface area (Å²) < 4.78 is 0. The summed E-state index contributed by atoms with van der Waals surface area (Å²) in [4.78, 5) is 2.61. The fourth-order valence-corrected chi connectivity index (χ4v) is 0.965. The second-order valence-electron chi connectivity index (χ2n) is 2.51. The summed E-state index contributed by atoms with van der Waals surface area (Å²) in [6.07, 6.45) is 0. The zero-order chi connectivity index (χ0) is 9.68. The van der Waals surface area contributed by atoms with E-state index in [1.807, 2.05) is 0 Å². The van der Waals surface area contributed by atoms with Crippen molar-refractivity contribution in [2.24, 2.45) is 5.11 Å². The Morgan fingerprint density at radius 1 is 1.46 bits per heavy atom. The summed E-state index contributed by atoms with van der Waals surface area (Å²) in [5.41, 5.74) is 9.21. The lowest BCUT2D eigenvalue weighted by Crippen LogP contribution is -2.29. The molecule has 5 nitrogen and oxygen atoms in total. The van der Waals surface area contributed by atoms with Crippen LogP contribution in [0.3, 0.4) is 0 Å². The summed E-state index contributed by atoms with van der Waals surface area (Å²) >= 11 is 0. The Bertz CT molecular complexity index is 336. The second kappa shape index (κ2) is 4.52. The molecule has 0 aromatic heterocycles. The van der Waals surface area contributed by atoms with Gasteiger partial charge in [0.2, 0.25) is 0 Å². The maximum absolute atomic E-state index is 8.83. The van der Waals surface area contributed by atoms with E-state index in [9.17, 15) is 0 Å². The predicted octanol–water partition coefficient (Wildman–Crippen LogP) is 0.177. The monoisotopic (exact) mass is 177 g/mol. The van der Waals surface area contributed by atoms with Gasteiger partial charge in [-0.1, -0.05) is 29.4 Å². The summed E-state index contributed by atoms with van der Waals surface area (Å²) in [5, 5.41) is 21.0. The van der Waals surface area contributed by atoms with Gasteiger partial charge in [-0.2, -0.15) is 0 Å². The highest BCUT2D eigenvalue weighted by Crippen LogP contribution is 1.99. The molecular weight excluding hydrogens is 169 g/mol. The molecule has 6 heteroatoms. The van der Waals surface area contributed by atoms with Crippen molar-refractivity contribution >= 4 is 12.6 Å². The lowest BCUT2D eigenvalue weighted by Gasteiger charge is -2.00. The Kier molecular flexibility index (Phi) is 3.34. The van der Waals surface area contributed by atoms with Crippen LogP contribution in [0.15, 0.2) is 29.4 Å². The standard InChI is InChI=1S/C7H8BN3O2/c9-11-10-5-6-2-1-3-7(4-6)8(12)13/h1-4,12-13H,5H2. The largest absolute Gasteiger partial charge is 0.488 e. The molecule has 0 unspecified atom stereocenters. The molecule has 0 aliphatic rings. The van der Waals surface area contributed by atoms with E-state index in [2.05, 4.69) is 10.0 Å². The third-order valence-electron chi connectivity index (χ3n) is 1.57. The summed E-state index contributed by atoms with van der Waals surface area (Å²) in [6, 6.07) is 6.60. The molecule has 0 saturated carbocycles. The first-order valence-corrected chi connectivity index (χ1v) is 3.70. The van der Waals surface area contributed by atoms with Crippen molar-refractivity contribution in [3.63, 3.8) is 0 Å². The molecule has 0 aliphatic heterocycles. The first-order valence-electron chi connectivity index (χ1n) is 3.70. The normalized spacial score (nSPS) is 9.08. The lowest BCUT2D eigenvalue weighted by atomic mass is 9.80. The van der Waals surface area contributed by atoms with E-state index in [1.54, 1.807) is 24.3 Å². The highest BCUT2D eigenvalue weighted by Gasteiger charge is 2.09. The topological polar surface area (TPSA) is 89.2 Å². The van der Waals surface area contributed by atoms with Crippen molar-refractivity contribution in [1.29, 1.82) is 0 Å². The number of nitrogens with zero attached hydrogens (tertiary/aromatic N) is 3. The molecule has 0 saturated heterocycles. The van der Waals surface area contributed by atoms with E-state index >= 15 is 0 Å². The van der Waals surface area contributed by atoms with Crippen molar-refractivity contribution in [3.8, 4) is 0 Å². The van der Waals surface area contributed by atoms with E-state index in [1.165, 1.54) is 0 Å². The van der Waals surface area contributed by atoms with Gasteiger partial charge in [-0.25, -0.2) is 0 Å². The van der Waals surface area contributed by atoms with Gasteiger partial charge in [0.1, 0.15) is 0 Å². The lowest BCUT2D eigenvalue weighted by molar-refractivity contribution is 0.425. The van der Waals surface area contributed by atoms with Crippen LogP contribution in [0.25, 0.3) is 10.4 Å². The fourth-order valence-electron chi connectivity index (χ4n) is 0.965. The zero-order valence-corrected chi connectivity index (χ0v) is 6.83. The van der Waals surface area contributed by atoms with Gasteiger partial charge >= 0.3 is 7.12 Å². The molecule has 13 heavy (non-hydrogen) atoms. The van der Waals surface area contributed by atoms with E-state index in [4.69, 9.17) is 15.6 Å². The fraction of sp³-hybridized carbons (Fsp3) is 0.143. The molecular formula is C7H8BN3O2. The van der Waals surface area contributed by atoms with Crippen LogP contribution in [0, 0.1) is 0 Å². The third-order valence-corrected chi connectivity index (χ3v) is 1.57. The van der Waals surface area contributed by atoms with Gasteiger partial charge in [0, 0.05) is 4.91 Å². The Morgan fingerprint density at radius 3 is 2.85 bits per heavy atom. The summed E-state index contributed by atoms with van der Waals surface area (Å²) in [5.74, 6) is 0. The Labute approximate surface area is 75.4 Å². The smallest absolute Gasteiger partial charge is 0.423 e. The van der Waals surface area contributed by atoms with Gasteiger partial charge in [0.05, 0.1) is 6.54 Å². The molecule has 0 atom stereocenters. The van der Waals surface area contributed by atoms with Gasteiger partial charge in [0.15, 0.2) is 0 Å². The minimum absolute atomic E-state index is 0.219. The summed E-state index contributed by atoms with van der Waals surface area (Å²) in [7, 11) is -1.48. The Hall–Kier alpha value is -1.49. The SMILES string of the molecule is [N-]=[N+]=NCc1cccc(B(O)O)c1. The van der Waals surface area contributed by atoms with Crippen LogP contribution in [0.1, 0.15) is 5.56 Å². The molecule has 0 radical (unpaired) electrons. The predicted molar refractivity (Wildman–Crippen MR) is 49.1 cm³/mol. The van der Waals surface area contributed by atoms with Crippen molar-refractivity contribution in [2.45, 2.75) is 6.54 Å². The van der Waals surface area contributed by atoms with E-state index in [-0.39, 0.29) is 6.54 Å². The van der Waals surface area contributed by atoms with Gasteiger partial charge in [-0.05, 0) is 16.6 Å². The van der Waals surface area contributed by atoms with Crippen molar-refractivity contribution in [1.82, 2.24) is 0 Å². The first kappa shape index (κ1) is 9.60. The van der Waals surface area contributed by atoms with Crippen LogP contribution in [0.5, 0.6) is 0 Å². The molecule has 66 valence electrons. The van der Waals surface area contributed by atoms with Crippen LogP contribution in [0.2, 0.25) is 0 Å². The molecule has 0 spiro atoms. The average Bonchev–Trinajstić information content (AvgIpc) is 2.15. The van der Waals surface area contributed by atoms with Gasteiger partial charge in [-0.15, -0.1) is 0 Å². The maximum atomic E-state index is 8.83. The van der Waals surface area contributed by atoms with E-state index < -0.39 is 7.12 Å². The minimum Gasteiger partial charge on any atom is -0.423 e. The molecule has 0 bridgehead atoms. The van der Waals surface area contributed by atoms with Crippen LogP contribution >= 0.6 is 0 Å². The molecule has 1 rings (SSSR count). The van der Waals surface area contributed by atoms with E-state index in [0.717, 1.165) is 5.56 Å². The molecule has 0 amide bonds. The van der Waals surface area contributed by atoms with Crippen molar-refractivity contribution in [3.05, 3.63) is 40.3 Å². The Morgan fingerprint density at radius 2 is 2.23 bits per heavy atom. The van der Waals surface area contributed by atoms with Crippen LogP contribution < -0.4 is 5.46 Å². The molecule has 0 aliphatic carbocycles. The molecule has 2 N–H and O–H groups in total. The number of hydrogen-bond acceptors (Lipinski definition) is 3. The molecule has 1 aromatic rings. The number of azide groups is 1. The van der Waals surface area contributed by atoms with Crippen molar-refractivity contribution in [2.75, 3.05) is 0 Å². The molecule has 0 fully saturated rings. The maximum Gasteiger partial charge on any atom is 0.488 e. The van der Waals surface area contributed by atoms with Crippen LogP contribution in [0.4, 0.5) is 0 Å². The highest BCUT2D eigenvalue weighted by atomic mass is 16.4. The summed E-state index contributed by atoms with van der Waals surface area (Å²) in [6.45, 7) is 0.219. The number of benzene rings is 1. The van der Waals surface area contributed by atoms with Crippen LogP contribution in [-0.4, -0.2) is 17.2 Å². The average molecular weight is 177 g/mol. The number of hydrogen-bond donors (Lipinski definition) is 2. The second-order valence-corrected chi connectivity index (χ2v) is 2.51. The quantitative estimate of drug-likeness (QED) is 0.298. The molecule has 1 aromatic carbocycles. The molecule has 0 heterocycles. The first-order chi connectivity index (χ1) is 6.24. The van der Waals surface area contributed by atoms with Gasteiger partial charge < -0.3 is 10.0 Å². The number of rotatable bonds is 3. The highest BCUT2D eigenvalue weighted by molar-refractivity contribution is 6.58. The zero-order valence-electron chi connectivity index (χ0n) is 6.83. The van der Waals surface area contributed by atoms with Crippen LogP contribution in [-0.2, 0) is 6.54 Å². The van der Waals surface area contributed by atoms with Crippen molar-refractivity contribution < 1.29 is 10.0 Å². The van der Waals surface area contributed by atoms with E-state index in [0.29, 0.717) is 5.46 Å². The minimum atomic E-state index is -1.48. The Balaban J connectivity index is 2.85. The van der Waals surface area contributed by atoms with Gasteiger partial charge in [0.25, 0.3) is 0 Å².